The number of hydrogen-bond donors (Lipinski definition) is 1. The van der Waals surface area contributed by atoms with Crippen molar-refractivity contribution in [2.75, 3.05) is 5.32 Å². The minimum absolute atomic E-state index is 0.354. The number of anilines is 1. The summed E-state index contributed by atoms with van der Waals surface area (Å²) in [5, 5.41) is 7.79. The van der Waals surface area contributed by atoms with Crippen molar-refractivity contribution in [3.05, 3.63) is 40.0 Å². The Hall–Kier alpha value is -1.42. The summed E-state index contributed by atoms with van der Waals surface area (Å²) in [7, 11) is 0. The van der Waals surface area contributed by atoms with Gasteiger partial charge in [-0.2, -0.15) is 11.3 Å². The predicted molar refractivity (Wildman–Crippen MR) is 82.0 cm³/mol. The summed E-state index contributed by atoms with van der Waals surface area (Å²) in [6.07, 6.45) is 1.02. The molecule has 3 nitrogen and oxygen atoms in total. The summed E-state index contributed by atoms with van der Waals surface area (Å²) in [5.41, 5.74) is 2.39. The molecule has 1 atom stereocenters. The molecular weight excluding hydrogens is 254 g/mol. The maximum Gasteiger partial charge on any atom is 0.133 e. The minimum atomic E-state index is 0.354. The highest BCUT2D eigenvalue weighted by Crippen LogP contribution is 2.16. The molecule has 0 aliphatic heterocycles. The van der Waals surface area contributed by atoms with Gasteiger partial charge in [-0.25, -0.2) is 9.97 Å². The van der Waals surface area contributed by atoms with Crippen LogP contribution < -0.4 is 5.32 Å². The molecule has 102 valence electrons. The highest BCUT2D eigenvalue weighted by atomic mass is 32.1. The second kappa shape index (κ2) is 6.15. The van der Waals surface area contributed by atoms with Gasteiger partial charge in [0.15, 0.2) is 0 Å². The van der Waals surface area contributed by atoms with Crippen molar-refractivity contribution in [2.45, 2.75) is 46.1 Å². The number of aromatic nitrogens is 2. The number of hydrogen-bond acceptors (Lipinski definition) is 4. The van der Waals surface area contributed by atoms with Crippen LogP contribution in [0.2, 0.25) is 0 Å². The van der Waals surface area contributed by atoms with Crippen LogP contribution in [0, 0.1) is 6.92 Å². The van der Waals surface area contributed by atoms with Crippen LogP contribution in [0.4, 0.5) is 5.82 Å². The molecule has 0 bridgehead atoms. The van der Waals surface area contributed by atoms with Gasteiger partial charge in [0.05, 0.1) is 0 Å². The largest absolute Gasteiger partial charge is 0.367 e. The van der Waals surface area contributed by atoms with E-state index < -0.39 is 0 Å². The lowest BCUT2D eigenvalue weighted by Gasteiger charge is -2.15. The van der Waals surface area contributed by atoms with Gasteiger partial charge in [-0.15, -0.1) is 0 Å². The van der Waals surface area contributed by atoms with Crippen molar-refractivity contribution >= 4 is 17.2 Å². The van der Waals surface area contributed by atoms with Crippen LogP contribution in [0.5, 0.6) is 0 Å². The van der Waals surface area contributed by atoms with Gasteiger partial charge in [0.25, 0.3) is 0 Å². The lowest BCUT2D eigenvalue weighted by Crippen LogP contribution is -2.19. The van der Waals surface area contributed by atoms with Crippen LogP contribution in [-0.4, -0.2) is 16.0 Å². The standard InChI is InChI=1S/C15H21N3S/c1-10(2)15-17-12(4)8-14(18-15)16-11(3)7-13-5-6-19-9-13/h5-6,8-11H,7H2,1-4H3,(H,16,17,18). The van der Waals surface area contributed by atoms with Gasteiger partial charge in [0.2, 0.25) is 0 Å². The van der Waals surface area contributed by atoms with Crippen LogP contribution in [0.3, 0.4) is 0 Å². The third-order valence-corrected chi connectivity index (χ3v) is 3.64. The Labute approximate surface area is 119 Å². The van der Waals surface area contributed by atoms with Crippen molar-refractivity contribution in [1.82, 2.24) is 9.97 Å². The van der Waals surface area contributed by atoms with Crippen LogP contribution in [-0.2, 0) is 6.42 Å². The lowest BCUT2D eigenvalue weighted by molar-refractivity contribution is 0.749. The van der Waals surface area contributed by atoms with Crippen LogP contribution in [0.1, 0.15) is 43.8 Å². The zero-order valence-corrected chi connectivity index (χ0v) is 12.8. The second-order valence-corrected chi connectivity index (χ2v) is 6.07. The van der Waals surface area contributed by atoms with Crippen LogP contribution in [0.15, 0.2) is 22.9 Å². The van der Waals surface area contributed by atoms with Crippen molar-refractivity contribution in [3.8, 4) is 0 Å². The van der Waals surface area contributed by atoms with Gasteiger partial charge in [-0.3, -0.25) is 0 Å². The molecule has 2 aromatic rings. The van der Waals surface area contributed by atoms with Crippen molar-refractivity contribution < 1.29 is 0 Å². The molecule has 1 N–H and O–H groups in total. The molecule has 0 aliphatic carbocycles. The van der Waals surface area contributed by atoms with E-state index in [0.717, 1.165) is 23.8 Å². The third-order valence-electron chi connectivity index (χ3n) is 2.90. The Kier molecular flexibility index (Phi) is 4.53. The van der Waals surface area contributed by atoms with Gasteiger partial charge >= 0.3 is 0 Å². The van der Waals surface area contributed by atoms with Crippen LogP contribution >= 0.6 is 11.3 Å². The zero-order chi connectivity index (χ0) is 13.8. The van der Waals surface area contributed by atoms with Gasteiger partial charge in [0.1, 0.15) is 11.6 Å². The molecule has 2 heterocycles. The Morgan fingerprint density at radius 3 is 2.68 bits per heavy atom. The first-order valence-electron chi connectivity index (χ1n) is 6.68. The van der Waals surface area contributed by atoms with E-state index in [2.05, 4.69) is 52.9 Å². The van der Waals surface area contributed by atoms with E-state index in [1.54, 1.807) is 11.3 Å². The molecule has 19 heavy (non-hydrogen) atoms. The summed E-state index contributed by atoms with van der Waals surface area (Å²) in [6.45, 7) is 8.44. The fraction of sp³-hybridized carbons (Fsp3) is 0.467. The Morgan fingerprint density at radius 1 is 1.26 bits per heavy atom. The first-order valence-corrected chi connectivity index (χ1v) is 7.62. The maximum atomic E-state index is 4.58. The average Bonchev–Trinajstić information content (AvgIpc) is 2.80. The quantitative estimate of drug-likeness (QED) is 0.895. The monoisotopic (exact) mass is 275 g/mol. The highest BCUT2D eigenvalue weighted by molar-refractivity contribution is 7.07. The number of rotatable bonds is 5. The number of nitrogens with zero attached hydrogens (tertiary/aromatic N) is 2. The summed E-state index contributed by atoms with van der Waals surface area (Å²) in [4.78, 5) is 9.05. The van der Waals surface area contributed by atoms with Gasteiger partial charge in [0, 0.05) is 23.7 Å². The summed E-state index contributed by atoms with van der Waals surface area (Å²) in [6, 6.07) is 4.55. The maximum absolute atomic E-state index is 4.58. The summed E-state index contributed by atoms with van der Waals surface area (Å²) >= 11 is 1.74. The fourth-order valence-corrected chi connectivity index (χ4v) is 2.67. The lowest BCUT2D eigenvalue weighted by atomic mass is 10.1. The number of aryl methyl sites for hydroxylation is 1. The molecule has 0 aliphatic rings. The van der Waals surface area contributed by atoms with E-state index in [1.165, 1.54) is 5.56 Å². The molecule has 2 aromatic heterocycles. The number of thiophene rings is 1. The molecule has 2 rings (SSSR count). The first kappa shape index (κ1) is 14.0. The van der Waals surface area contributed by atoms with E-state index >= 15 is 0 Å². The molecule has 0 radical (unpaired) electrons. The molecule has 0 fully saturated rings. The van der Waals surface area contributed by atoms with Crippen LogP contribution in [0.25, 0.3) is 0 Å². The van der Waals surface area contributed by atoms with Gasteiger partial charge < -0.3 is 5.32 Å². The van der Waals surface area contributed by atoms with Gasteiger partial charge in [-0.1, -0.05) is 13.8 Å². The Morgan fingerprint density at radius 2 is 2.05 bits per heavy atom. The van der Waals surface area contributed by atoms with E-state index in [1.807, 2.05) is 13.0 Å². The summed E-state index contributed by atoms with van der Waals surface area (Å²) in [5.74, 6) is 2.19. The molecule has 1 unspecified atom stereocenters. The van der Waals surface area contributed by atoms with Crippen molar-refractivity contribution in [2.24, 2.45) is 0 Å². The van der Waals surface area contributed by atoms with E-state index in [9.17, 15) is 0 Å². The topological polar surface area (TPSA) is 37.8 Å². The molecule has 0 saturated carbocycles. The summed E-state index contributed by atoms with van der Waals surface area (Å²) < 4.78 is 0. The SMILES string of the molecule is Cc1cc(NC(C)Cc2ccsc2)nc(C(C)C)n1. The molecule has 0 spiro atoms. The van der Waals surface area contributed by atoms with E-state index in [0.29, 0.717) is 12.0 Å². The van der Waals surface area contributed by atoms with Crippen molar-refractivity contribution in [3.63, 3.8) is 0 Å². The number of nitrogens with one attached hydrogen (secondary N) is 1. The molecular formula is C15H21N3S. The average molecular weight is 275 g/mol. The molecule has 4 heteroatoms. The van der Waals surface area contributed by atoms with E-state index in [-0.39, 0.29) is 0 Å². The molecule has 0 amide bonds. The smallest absolute Gasteiger partial charge is 0.133 e. The fourth-order valence-electron chi connectivity index (χ4n) is 1.99. The normalized spacial score (nSPS) is 12.7. The van der Waals surface area contributed by atoms with E-state index in [4.69, 9.17) is 0 Å². The van der Waals surface area contributed by atoms with Gasteiger partial charge in [-0.05, 0) is 42.7 Å². The molecule has 0 aromatic carbocycles. The highest BCUT2D eigenvalue weighted by Gasteiger charge is 2.09. The Balaban J connectivity index is 2.05. The zero-order valence-electron chi connectivity index (χ0n) is 12.0. The Bertz CT molecular complexity index is 520. The third kappa shape index (κ3) is 4.03. The second-order valence-electron chi connectivity index (χ2n) is 5.29. The minimum Gasteiger partial charge on any atom is -0.367 e. The van der Waals surface area contributed by atoms with Crippen molar-refractivity contribution in [1.29, 1.82) is 0 Å². The molecule has 0 saturated heterocycles. The first-order chi connectivity index (χ1) is 9.04. The predicted octanol–water partition coefficient (Wildman–Crippen LogP) is 4.01.